The first kappa shape index (κ1) is 17.1. The highest BCUT2D eigenvalue weighted by Gasteiger charge is 2.44. The van der Waals surface area contributed by atoms with Crippen molar-refractivity contribution in [1.29, 1.82) is 0 Å². The summed E-state index contributed by atoms with van der Waals surface area (Å²) in [6.07, 6.45) is -5.15. The van der Waals surface area contributed by atoms with Crippen LogP contribution in [-0.2, 0) is 20.6 Å². The Labute approximate surface area is 128 Å². The molecule has 1 saturated heterocycles. The van der Waals surface area contributed by atoms with Crippen molar-refractivity contribution in [2.75, 3.05) is 20.3 Å². The zero-order chi connectivity index (χ0) is 16.1. The Bertz CT molecular complexity index is 450. The Morgan fingerprint density at radius 2 is 1.73 bits per heavy atom. The van der Waals surface area contributed by atoms with Gasteiger partial charge in [0.15, 0.2) is 6.29 Å². The van der Waals surface area contributed by atoms with E-state index in [4.69, 9.17) is 14.2 Å². The maximum Gasteiger partial charge on any atom is 0.186 e. The number of ether oxygens (including phenoxy) is 3. The summed E-state index contributed by atoms with van der Waals surface area (Å²) in [5, 5.41) is 38.7. The number of aliphatic hydroxyl groups excluding tert-OH is 3. The van der Waals surface area contributed by atoms with Gasteiger partial charge in [-0.2, -0.15) is 0 Å². The molecule has 124 valence electrons. The molecule has 7 heteroatoms. The molecule has 0 bridgehead atoms. The molecule has 22 heavy (non-hydrogen) atoms. The summed E-state index contributed by atoms with van der Waals surface area (Å²) in [5.74, 6) is 0.190. The van der Waals surface area contributed by atoms with Gasteiger partial charge in [0.2, 0.25) is 0 Å². The van der Waals surface area contributed by atoms with Gasteiger partial charge in [-0.1, -0.05) is 12.1 Å². The van der Waals surface area contributed by atoms with Crippen LogP contribution in [0, 0.1) is 0 Å². The number of hydrogen-bond donors (Lipinski definition) is 4. The number of aromatic hydroxyl groups is 1. The molecule has 1 aliphatic rings. The van der Waals surface area contributed by atoms with E-state index in [9.17, 15) is 20.4 Å². The highest BCUT2D eigenvalue weighted by molar-refractivity contribution is 5.25. The number of phenolic OH excluding ortho intramolecular Hbond substituents is 1. The van der Waals surface area contributed by atoms with Crippen molar-refractivity contribution in [3.63, 3.8) is 0 Å². The van der Waals surface area contributed by atoms with E-state index in [1.165, 1.54) is 7.11 Å². The number of aliphatic hydroxyl groups is 3. The molecule has 0 aromatic heterocycles. The zero-order valence-electron chi connectivity index (χ0n) is 12.3. The smallest absolute Gasteiger partial charge is 0.186 e. The van der Waals surface area contributed by atoms with Crippen LogP contribution in [0.4, 0.5) is 0 Å². The van der Waals surface area contributed by atoms with Crippen LogP contribution in [-0.4, -0.2) is 71.5 Å². The van der Waals surface area contributed by atoms with E-state index in [0.29, 0.717) is 6.42 Å². The third-order valence-corrected chi connectivity index (χ3v) is 3.61. The Morgan fingerprint density at radius 3 is 2.36 bits per heavy atom. The van der Waals surface area contributed by atoms with Crippen LogP contribution in [0.1, 0.15) is 5.56 Å². The molecule has 0 aliphatic carbocycles. The third-order valence-electron chi connectivity index (χ3n) is 3.61. The van der Waals surface area contributed by atoms with E-state index < -0.39 is 30.7 Å². The van der Waals surface area contributed by atoms with Gasteiger partial charge in [0.1, 0.15) is 30.2 Å². The first-order chi connectivity index (χ1) is 10.5. The van der Waals surface area contributed by atoms with Crippen molar-refractivity contribution in [1.82, 2.24) is 0 Å². The van der Waals surface area contributed by atoms with E-state index in [0.717, 1.165) is 5.56 Å². The number of phenols is 1. The number of benzene rings is 1. The molecule has 4 N–H and O–H groups in total. The van der Waals surface area contributed by atoms with Gasteiger partial charge >= 0.3 is 0 Å². The average Bonchev–Trinajstić information content (AvgIpc) is 2.51. The van der Waals surface area contributed by atoms with Crippen LogP contribution in [0.15, 0.2) is 24.3 Å². The monoisotopic (exact) mass is 314 g/mol. The maximum absolute atomic E-state index is 9.89. The summed E-state index contributed by atoms with van der Waals surface area (Å²) >= 11 is 0. The molecule has 0 amide bonds. The highest BCUT2D eigenvalue weighted by atomic mass is 16.7. The van der Waals surface area contributed by atoms with Crippen LogP contribution in [0.3, 0.4) is 0 Å². The first-order valence-corrected chi connectivity index (χ1v) is 7.11. The lowest BCUT2D eigenvalue weighted by Crippen LogP contribution is -2.59. The summed E-state index contributed by atoms with van der Waals surface area (Å²) in [7, 11) is 1.45. The van der Waals surface area contributed by atoms with E-state index in [-0.39, 0.29) is 19.0 Å². The molecule has 2 rings (SSSR count). The van der Waals surface area contributed by atoms with Crippen molar-refractivity contribution in [3.8, 4) is 5.75 Å². The van der Waals surface area contributed by atoms with Gasteiger partial charge in [0.25, 0.3) is 0 Å². The van der Waals surface area contributed by atoms with Gasteiger partial charge in [0.05, 0.1) is 13.2 Å². The normalized spacial score (nSPS) is 32.1. The molecule has 5 atom stereocenters. The highest BCUT2D eigenvalue weighted by Crippen LogP contribution is 2.22. The third kappa shape index (κ3) is 4.16. The minimum absolute atomic E-state index is 0.0861. The number of hydrogen-bond acceptors (Lipinski definition) is 7. The van der Waals surface area contributed by atoms with Crippen LogP contribution in [0.5, 0.6) is 5.75 Å². The van der Waals surface area contributed by atoms with E-state index in [1.54, 1.807) is 24.3 Å². The zero-order valence-corrected chi connectivity index (χ0v) is 12.3. The summed E-state index contributed by atoms with van der Waals surface area (Å²) in [5.41, 5.74) is 0.956. The summed E-state index contributed by atoms with van der Waals surface area (Å²) in [6, 6.07) is 6.69. The lowest BCUT2D eigenvalue weighted by Gasteiger charge is -2.40. The van der Waals surface area contributed by atoms with Gasteiger partial charge < -0.3 is 34.6 Å². The van der Waals surface area contributed by atoms with E-state index in [1.807, 2.05) is 0 Å². The van der Waals surface area contributed by atoms with Crippen molar-refractivity contribution < 1.29 is 34.6 Å². The Morgan fingerprint density at radius 1 is 1.05 bits per heavy atom. The van der Waals surface area contributed by atoms with Gasteiger partial charge in [-0.25, -0.2) is 0 Å². The van der Waals surface area contributed by atoms with Crippen LogP contribution < -0.4 is 0 Å². The molecular formula is C15H22O7. The lowest BCUT2D eigenvalue weighted by molar-refractivity contribution is -0.301. The van der Waals surface area contributed by atoms with Crippen LogP contribution in [0.25, 0.3) is 0 Å². The molecule has 0 saturated carbocycles. The molecule has 7 nitrogen and oxygen atoms in total. The standard InChI is InChI=1S/C15H22O7/c1-20-8-11-12(17)13(18)14(19)15(22-11)21-7-6-9-2-4-10(16)5-3-9/h2-5,11-19H,6-8H2,1H3/t11-,12-,13+,14-,15-/m1/s1. The summed E-state index contributed by atoms with van der Waals surface area (Å²) < 4.78 is 15.8. The SMILES string of the molecule is COC[C@H]1O[C@@H](OCCc2ccc(O)cc2)[C@H](O)[C@@H](O)[C@@H]1O. The largest absolute Gasteiger partial charge is 0.508 e. The average molecular weight is 314 g/mol. The molecule has 1 heterocycles. The van der Waals surface area contributed by atoms with Gasteiger partial charge in [-0.15, -0.1) is 0 Å². The Hall–Kier alpha value is -1.22. The van der Waals surface area contributed by atoms with Gasteiger partial charge in [-0.05, 0) is 24.1 Å². The fourth-order valence-corrected chi connectivity index (χ4v) is 2.31. The van der Waals surface area contributed by atoms with E-state index in [2.05, 4.69) is 0 Å². The van der Waals surface area contributed by atoms with Gasteiger partial charge in [0, 0.05) is 7.11 Å². The minimum Gasteiger partial charge on any atom is -0.508 e. The lowest BCUT2D eigenvalue weighted by atomic mass is 9.99. The maximum atomic E-state index is 9.89. The second kappa shape index (κ2) is 7.87. The quantitative estimate of drug-likeness (QED) is 0.555. The number of methoxy groups -OCH3 is 1. The predicted molar refractivity (Wildman–Crippen MR) is 76.3 cm³/mol. The van der Waals surface area contributed by atoms with Crippen molar-refractivity contribution in [2.24, 2.45) is 0 Å². The van der Waals surface area contributed by atoms with Crippen molar-refractivity contribution in [3.05, 3.63) is 29.8 Å². The Kier molecular flexibility index (Phi) is 6.13. The van der Waals surface area contributed by atoms with Crippen LogP contribution >= 0.6 is 0 Å². The molecule has 1 aromatic carbocycles. The van der Waals surface area contributed by atoms with E-state index >= 15 is 0 Å². The van der Waals surface area contributed by atoms with Crippen LogP contribution in [0.2, 0.25) is 0 Å². The Balaban J connectivity index is 1.86. The van der Waals surface area contributed by atoms with Gasteiger partial charge in [-0.3, -0.25) is 0 Å². The second-order valence-corrected chi connectivity index (χ2v) is 5.26. The molecule has 1 aromatic rings. The fraction of sp³-hybridized carbons (Fsp3) is 0.600. The molecule has 0 spiro atoms. The predicted octanol–water partition coefficient (Wildman–Crippen LogP) is -0.595. The second-order valence-electron chi connectivity index (χ2n) is 5.26. The topological polar surface area (TPSA) is 109 Å². The van der Waals surface area contributed by atoms with Crippen molar-refractivity contribution in [2.45, 2.75) is 37.1 Å². The number of rotatable bonds is 6. The fourth-order valence-electron chi connectivity index (χ4n) is 2.31. The summed E-state index contributed by atoms with van der Waals surface area (Å²) in [6.45, 7) is 0.345. The van der Waals surface area contributed by atoms with Crippen molar-refractivity contribution >= 4 is 0 Å². The molecular weight excluding hydrogens is 292 g/mol. The minimum atomic E-state index is -1.35. The molecule has 0 unspecified atom stereocenters. The first-order valence-electron chi connectivity index (χ1n) is 7.11. The molecule has 0 radical (unpaired) electrons. The summed E-state index contributed by atoms with van der Waals surface area (Å²) in [4.78, 5) is 0. The molecule has 1 aliphatic heterocycles. The molecule has 1 fully saturated rings.